The molecule has 5 nitrogen and oxygen atoms in total. The lowest BCUT2D eigenvalue weighted by atomic mass is 10.1. The van der Waals surface area contributed by atoms with Gasteiger partial charge in [-0.2, -0.15) is 0 Å². The first-order chi connectivity index (χ1) is 12.7. The van der Waals surface area contributed by atoms with Crippen molar-refractivity contribution in [3.63, 3.8) is 0 Å². The molecule has 0 aliphatic carbocycles. The summed E-state index contributed by atoms with van der Waals surface area (Å²) in [4.78, 5) is 16.5. The summed E-state index contributed by atoms with van der Waals surface area (Å²) in [7, 11) is 0. The molecule has 0 atom stereocenters. The Morgan fingerprint density at radius 3 is 2.69 bits per heavy atom. The van der Waals surface area contributed by atoms with E-state index in [0.29, 0.717) is 25.8 Å². The number of benzene rings is 2. The number of hydrogen-bond acceptors (Lipinski definition) is 3. The van der Waals surface area contributed by atoms with E-state index in [-0.39, 0.29) is 12.5 Å². The Morgan fingerprint density at radius 2 is 1.92 bits per heavy atom. The van der Waals surface area contributed by atoms with Crippen LogP contribution in [0.2, 0.25) is 0 Å². The minimum atomic E-state index is -0.0276. The summed E-state index contributed by atoms with van der Waals surface area (Å²) in [5.41, 5.74) is 4.55. The summed E-state index contributed by atoms with van der Waals surface area (Å²) in [5, 5.41) is 11.7. The standard InChI is InChI=1S/C21H25N3O2/c1-16-8-10-17(11-9-16)15-24-19-6-3-2-5-18(19)23-20(24)12-13-22-21(26)7-4-14-25/h2-3,5-6,8-11,25H,4,7,12-15H2,1H3,(H,22,26). The van der Waals surface area contributed by atoms with Crippen molar-refractivity contribution >= 4 is 16.9 Å². The predicted octanol–water partition coefficient (Wildman–Crippen LogP) is 2.82. The van der Waals surface area contributed by atoms with Gasteiger partial charge in [-0.15, -0.1) is 0 Å². The normalized spacial score (nSPS) is 11.0. The first kappa shape index (κ1) is 18.1. The zero-order chi connectivity index (χ0) is 18.4. The number of fused-ring (bicyclic) bond motifs is 1. The first-order valence-electron chi connectivity index (χ1n) is 9.04. The predicted molar refractivity (Wildman–Crippen MR) is 103 cm³/mol. The quantitative estimate of drug-likeness (QED) is 0.656. The number of para-hydroxylation sites is 2. The molecule has 0 radical (unpaired) electrons. The maximum atomic E-state index is 11.7. The molecule has 3 aromatic rings. The van der Waals surface area contributed by atoms with Gasteiger partial charge in [-0.05, 0) is 31.0 Å². The summed E-state index contributed by atoms with van der Waals surface area (Å²) in [6.45, 7) is 3.43. The van der Waals surface area contributed by atoms with Gasteiger partial charge in [0.15, 0.2) is 0 Å². The Morgan fingerprint density at radius 1 is 1.15 bits per heavy atom. The molecule has 0 bridgehead atoms. The number of aromatic nitrogens is 2. The van der Waals surface area contributed by atoms with Gasteiger partial charge in [0, 0.05) is 32.5 Å². The lowest BCUT2D eigenvalue weighted by molar-refractivity contribution is -0.121. The second-order valence-corrected chi connectivity index (χ2v) is 6.52. The molecular weight excluding hydrogens is 326 g/mol. The molecule has 2 aromatic carbocycles. The second kappa shape index (κ2) is 8.63. The van der Waals surface area contributed by atoms with Crippen molar-refractivity contribution in [1.29, 1.82) is 0 Å². The molecule has 5 heteroatoms. The zero-order valence-electron chi connectivity index (χ0n) is 15.1. The summed E-state index contributed by atoms with van der Waals surface area (Å²) in [5.74, 6) is 0.939. The highest BCUT2D eigenvalue weighted by Crippen LogP contribution is 2.18. The fourth-order valence-electron chi connectivity index (χ4n) is 3.01. The highest BCUT2D eigenvalue weighted by Gasteiger charge is 2.11. The van der Waals surface area contributed by atoms with Crippen molar-refractivity contribution in [2.24, 2.45) is 0 Å². The second-order valence-electron chi connectivity index (χ2n) is 6.52. The number of imidazole rings is 1. The van der Waals surface area contributed by atoms with Gasteiger partial charge in [-0.1, -0.05) is 42.0 Å². The van der Waals surface area contributed by atoms with Crippen LogP contribution >= 0.6 is 0 Å². The van der Waals surface area contributed by atoms with Crippen molar-refractivity contribution in [1.82, 2.24) is 14.9 Å². The van der Waals surface area contributed by atoms with E-state index in [0.717, 1.165) is 23.4 Å². The Labute approximate surface area is 153 Å². The number of aryl methyl sites for hydroxylation is 1. The van der Waals surface area contributed by atoms with Gasteiger partial charge in [0.05, 0.1) is 11.0 Å². The highest BCUT2D eigenvalue weighted by molar-refractivity contribution is 5.76. The lowest BCUT2D eigenvalue weighted by Gasteiger charge is -2.10. The van der Waals surface area contributed by atoms with E-state index in [1.54, 1.807) is 0 Å². The Hall–Kier alpha value is -2.66. The molecule has 0 aliphatic rings. The van der Waals surface area contributed by atoms with Crippen LogP contribution in [0.4, 0.5) is 0 Å². The van der Waals surface area contributed by atoms with Gasteiger partial charge in [0.1, 0.15) is 5.82 Å². The fourth-order valence-corrected chi connectivity index (χ4v) is 3.01. The number of amides is 1. The summed E-state index contributed by atoms with van der Waals surface area (Å²) >= 11 is 0. The first-order valence-corrected chi connectivity index (χ1v) is 9.04. The van der Waals surface area contributed by atoms with Crippen LogP contribution in [0.5, 0.6) is 0 Å². The number of carbonyl (C=O) groups is 1. The van der Waals surface area contributed by atoms with E-state index in [2.05, 4.69) is 47.1 Å². The highest BCUT2D eigenvalue weighted by atomic mass is 16.3. The number of hydrogen-bond donors (Lipinski definition) is 2. The van der Waals surface area contributed by atoms with E-state index >= 15 is 0 Å². The van der Waals surface area contributed by atoms with Gasteiger partial charge >= 0.3 is 0 Å². The van der Waals surface area contributed by atoms with Crippen molar-refractivity contribution < 1.29 is 9.90 Å². The largest absolute Gasteiger partial charge is 0.396 e. The zero-order valence-corrected chi connectivity index (χ0v) is 15.1. The van der Waals surface area contributed by atoms with E-state index < -0.39 is 0 Å². The average Bonchev–Trinajstić information content (AvgIpc) is 2.99. The number of aliphatic hydroxyl groups is 1. The Kier molecular flexibility index (Phi) is 6.02. The summed E-state index contributed by atoms with van der Waals surface area (Å²) in [6, 6.07) is 16.6. The topological polar surface area (TPSA) is 67.2 Å². The van der Waals surface area contributed by atoms with E-state index in [9.17, 15) is 4.79 Å². The SMILES string of the molecule is Cc1ccc(Cn2c(CCNC(=O)CCCO)nc3ccccc32)cc1. The molecule has 0 unspecified atom stereocenters. The third-order valence-corrected chi connectivity index (χ3v) is 4.43. The Balaban J connectivity index is 1.76. The number of aliphatic hydroxyl groups excluding tert-OH is 1. The molecule has 3 rings (SSSR count). The Bertz CT molecular complexity index is 869. The van der Waals surface area contributed by atoms with Crippen LogP contribution < -0.4 is 5.32 Å². The van der Waals surface area contributed by atoms with Crippen molar-refractivity contribution in [2.75, 3.05) is 13.2 Å². The molecule has 1 heterocycles. The van der Waals surface area contributed by atoms with Crippen LogP contribution in [0.1, 0.15) is 29.8 Å². The molecule has 0 saturated heterocycles. The van der Waals surface area contributed by atoms with Crippen LogP contribution in [0.25, 0.3) is 11.0 Å². The van der Waals surface area contributed by atoms with Crippen LogP contribution in [-0.2, 0) is 17.8 Å². The molecule has 2 N–H and O–H groups in total. The molecular formula is C21H25N3O2. The monoisotopic (exact) mass is 351 g/mol. The van der Waals surface area contributed by atoms with Gasteiger partial charge in [-0.3, -0.25) is 4.79 Å². The molecule has 26 heavy (non-hydrogen) atoms. The van der Waals surface area contributed by atoms with Crippen molar-refractivity contribution in [2.45, 2.75) is 32.7 Å². The number of carbonyl (C=O) groups excluding carboxylic acids is 1. The molecule has 1 amide bonds. The smallest absolute Gasteiger partial charge is 0.220 e. The number of nitrogens with one attached hydrogen (secondary N) is 1. The average molecular weight is 351 g/mol. The van der Waals surface area contributed by atoms with E-state index in [1.807, 2.05) is 18.2 Å². The van der Waals surface area contributed by atoms with Crippen LogP contribution in [-0.4, -0.2) is 33.7 Å². The molecule has 0 aliphatic heterocycles. The molecule has 1 aromatic heterocycles. The van der Waals surface area contributed by atoms with E-state index in [4.69, 9.17) is 10.1 Å². The van der Waals surface area contributed by atoms with Crippen molar-refractivity contribution in [3.8, 4) is 0 Å². The van der Waals surface area contributed by atoms with Gasteiger partial charge in [-0.25, -0.2) is 4.98 Å². The van der Waals surface area contributed by atoms with Crippen molar-refractivity contribution in [3.05, 3.63) is 65.5 Å². The maximum Gasteiger partial charge on any atom is 0.220 e. The molecule has 0 spiro atoms. The summed E-state index contributed by atoms with van der Waals surface area (Å²) < 4.78 is 2.22. The fraction of sp³-hybridized carbons (Fsp3) is 0.333. The minimum absolute atomic E-state index is 0.0276. The van der Waals surface area contributed by atoms with Crippen LogP contribution in [0.15, 0.2) is 48.5 Å². The number of nitrogens with zero attached hydrogens (tertiary/aromatic N) is 2. The van der Waals surface area contributed by atoms with Gasteiger partial charge in [0.2, 0.25) is 5.91 Å². The molecule has 0 saturated carbocycles. The van der Waals surface area contributed by atoms with Crippen LogP contribution in [0.3, 0.4) is 0 Å². The van der Waals surface area contributed by atoms with Gasteiger partial charge in [0.25, 0.3) is 0 Å². The maximum absolute atomic E-state index is 11.7. The van der Waals surface area contributed by atoms with Crippen LogP contribution in [0, 0.1) is 6.92 Å². The number of rotatable bonds is 8. The van der Waals surface area contributed by atoms with E-state index in [1.165, 1.54) is 11.1 Å². The third kappa shape index (κ3) is 4.49. The third-order valence-electron chi connectivity index (χ3n) is 4.43. The minimum Gasteiger partial charge on any atom is -0.396 e. The lowest BCUT2D eigenvalue weighted by Crippen LogP contribution is -2.26. The summed E-state index contributed by atoms with van der Waals surface area (Å²) in [6.07, 6.45) is 1.53. The molecule has 0 fully saturated rings. The molecule has 136 valence electrons. The van der Waals surface area contributed by atoms with Gasteiger partial charge < -0.3 is 15.0 Å².